The van der Waals surface area contributed by atoms with Gasteiger partial charge in [-0.05, 0) is 37.3 Å². The molecule has 2 aromatic rings. The topological polar surface area (TPSA) is 32.3 Å². The Bertz CT molecular complexity index is 498. The summed E-state index contributed by atoms with van der Waals surface area (Å²) in [7, 11) is 0. The minimum absolute atomic E-state index is 0.0389. The van der Waals surface area contributed by atoms with Crippen molar-refractivity contribution in [2.45, 2.75) is 13.0 Å². The summed E-state index contributed by atoms with van der Waals surface area (Å²) in [6, 6.07) is 12.0. The van der Waals surface area contributed by atoms with Gasteiger partial charge in [0.1, 0.15) is 0 Å². The van der Waals surface area contributed by atoms with Crippen LogP contribution in [0.1, 0.15) is 15.8 Å². The van der Waals surface area contributed by atoms with E-state index in [0.717, 1.165) is 15.0 Å². The number of hydrogen-bond acceptors (Lipinski definition) is 3. The van der Waals surface area contributed by atoms with Crippen molar-refractivity contribution in [3.63, 3.8) is 0 Å². The van der Waals surface area contributed by atoms with Crippen molar-refractivity contribution in [2.75, 3.05) is 11.9 Å². The molecule has 0 aliphatic rings. The van der Waals surface area contributed by atoms with E-state index in [9.17, 15) is 5.11 Å². The Balaban J connectivity index is 2.15. The number of nitrogens with one attached hydrogen (secondary N) is 1. The highest BCUT2D eigenvalue weighted by Gasteiger charge is 2.12. The smallest absolute Gasteiger partial charge is 0.0837 e. The predicted octanol–water partition coefficient (Wildman–Crippen LogP) is 3.96. The summed E-state index contributed by atoms with van der Waals surface area (Å²) in [5.74, 6) is 0. The lowest BCUT2D eigenvalue weighted by Gasteiger charge is -2.16. The molecule has 0 amide bonds. The predicted molar refractivity (Wildman–Crippen MR) is 76.6 cm³/mol. The first-order chi connectivity index (χ1) is 8.19. The van der Waals surface area contributed by atoms with E-state index in [1.807, 2.05) is 24.3 Å². The summed E-state index contributed by atoms with van der Waals surface area (Å²) in [6.07, 6.45) is 0. The molecule has 0 saturated heterocycles. The van der Waals surface area contributed by atoms with Crippen LogP contribution in [0.4, 0.5) is 5.69 Å². The number of halogens is 1. The molecule has 4 heteroatoms. The Labute approximate surface area is 113 Å². The van der Waals surface area contributed by atoms with Crippen LogP contribution in [0, 0.1) is 6.92 Å². The quantitative estimate of drug-likeness (QED) is 0.895. The molecule has 2 nitrogen and oxygen atoms in total. The number of hydrogen-bond donors (Lipinski definition) is 2. The standard InChI is InChI=1S/C13H14BrNOS/c1-9-5-6-13(17-9)12(8-16)15-11-4-2-3-10(14)7-11/h2-7,12,15-16H,8H2,1H3. The number of rotatable bonds is 4. The first-order valence-electron chi connectivity index (χ1n) is 5.38. The Morgan fingerprint density at radius 2 is 2.18 bits per heavy atom. The lowest BCUT2D eigenvalue weighted by atomic mass is 10.2. The first kappa shape index (κ1) is 12.6. The highest BCUT2D eigenvalue weighted by atomic mass is 79.9. The molecular formula is C13H14BrNOS. The van der Waals surface area contributed by atoms with Gasteiger partial charge in [0, 0.05) is 19.9 Å². The van der Waals surface area contributed by atoms with Crippen LogP contribution in [0.2, 0.25) is 0 Å². The zero-order chi connectivity index (χ0) is 12.3. The second-order valence-electron chi connectivity index (χ2n) is 3.84. The summed E-state index contributed by atoms with van der Waals surface area (Å²) < 4.78 is 1.03. The van der Waals surface area contributed by atoms with Crippen molar-refractivity contribution in [1.82, 2.24) is 0 Å². The van der Waals surface area contributed by atoms with E-state index >= 15 is 0 Å². The van der Waals surface area contributed by atoms with Crippen molar-refractivity contribution in [2.24, 2.45) is 0 Å². The molecule has 90 valence electrons. The number of aliphatic hydroxyl groups excluding tert-OH is 1. The van der Waals surface area contributed by atoms with Crippen LogP contribution in [-0.4, -0.2) is 11.7 Å². The van der Waals surface area contributed by atoms with Crippen LogP contribution in [0.3, 0.4) is 0 Å². The number of aliphatic hydroxyl groups is 1. The van der Waals surface area contributed by atoms with Gasteiger partial charge in [-0.3, -0.25) is 0 Å². The van der Waals surface area contributed by atoms with E-state index in [1.54, 1.807) is 11.3 Å². The molecule has 2 N–H and O–H groups in total. The number of thiophene rings is 1. The molecule has 0 bridgehead atoms. The zero-order valence-corrected chi connectivity index (χ0v) is 11.9. The van der Waals surface area contributed by atoms with Crippen molar-refractivity contribution < 1.29 is 5.11 Å². The fourth-order valence-corrected chi connectivity index (χ4v) is 2.95. The number of benzene rings is 1. The van der Waals surface area contributed by atoms with Crippen LogP contribution >= 0.6 is 27.3 Å². The van der Waals surface area contributed by atoms with E-state index < -0.39 is 0 Å². The Morgan fingerprint density at radius 3 is 2.76 bits per heavy atom. The van der Waals surface area contributed by atoms with Gasteiger partial charge >= 0.3 is 0 Å². The molecule has 1 aromatic carbocycles. The number of aryl methyl sites for hydroxylation is 1. The van der Waals surface area contributed by atoms with E-state index in [-0.39, 0.29) is 12.6 Å². The summed E-state index contributed by atoms with van der Waals surface area (Å²) in [5, 5.41) is 12.8. The van der Waals surface area contributed by atoms with Crippen LogP contribution in [-0.2, 0) is 0 Å². The van der Waals surface area contributed by atoms with Crippen LogP contribution in [0.5, 0.6) is 0 Å². The molecule has 1 unspecified atom stereocenters. The number of anilines is 1. The van der Waals surface area contributed by atoms with Crippen LogP contribution in [0.15, 0.2) is 40.9 Å². The van der Waals surface area contributed by atoms with Gasteiger partial charge in [0.05, 0.1) is 12.6 Å². The van der Waals surface area contributed by atoms with Gasteiger partial charge < -0.3 is 10.4 Å². The molecule has 2 rings (SSSR count). The Hall–Kier alpha value is -0.840. The maximum absolute atomic E-state index is 9.45. The van der Waals surface area contributed by atoms with E-state index in [1.165, 1.54) is 4.88 Å². The van der Waals surface area contributed by atoms with Crippen molar-refractivity contribution in [3.8, 4) is 0 Å². The normalized spacial score (nSPS) is 12.4. The molecule has 0 aliphatic heterocycles. The minimum atomic E-state index is -0.0389. The maximum Gasteiger partial charge on any atom is 0.0837 e. The van der Waals surface area contributed by atoms with Crippen molar-refractivity contribution in [3.05, 3.63) is 50.6 Å². The zero-order valence-electron chi connectivity index (χ0n) is 9.48. The Kier molecular flexibility index (Phi) is 4.20. The summed E-state index contributed by atoms with van der Waals surface area (Å²) in [4.78, 5) is 2.42. The molecule has 0 saturated carbocycles. The van der Waals surface area contributed by atoms with E-state index in [4.69, 9.17) is 0 Å². The first-order valence-corrected chi connectivity index (χ1v) is 6.99. The van der Waals surface area contributed by atoms with Gasteiger partial charge in [-0.1, -0.05) is 22.0 Å². The van der Waals surface area contributed by atoms with E-state index in [0.29, 0.717) is 0 Å². The third-order valence-electron chi connectivity index (χ3n) is 2.45. The van der Waals surface area contributed by atoms with Crippen LogP contribution < -0.4 is 5.32 Å². The second kappa shape index (κ2) is 5.67. The van der Waals surface area contributed by atoms with E-state index in [2.05, 4.69) is 40.3 Å². The average Bonchev–Trinajstić information content (AvgIpc) is 2.73. The van der Waals surface area contributed by atoms with Gasteiger partial charge in [-0.15, -0.1) is 11.3 Å². The van der Waals surface area contributed by atoms with Crippen LogP contribution in [0.25, 0.3) is 0 Å². The molecule has 0 aliphatic carbocycles. The second-order valence-corrected chi connectivity index (χ2v) is 6.07. The monoisotopic (exact) mass is 311 g/mol. The summed E-state index contributed by atoms with van der Waals surface area (Å²) in [5.41, 5.74) is 1.00. The lowest BCUT2D eigenvalue weighted by molar-refractivity contribution is 0.278. The molecular weight excluding hydrogens is 298 g/mol. The molecule has 1 heterocycles. The fraction of sp³-hybridized carbons (Fsp3) is 0.231. The summed E-state index contributed by atoms with van der Waals surface area (Å²) in [6.45, 7) is 2.16. The largest absolute Gasteiger partial charge is 0.394 e. The Morgan fingerprint density at radius 1 is 1.35 bits per heavy atom. The molecule has 0 radical (unpaired) electrons. The molecule has 0 spiro atoms. The fourth-order valence-electron chi connectivity index (χ4n) is 1.63. The maximum atomic E-state index is 9.45. The van der Waals surface area contributed by atoms with Gasteiger partial charge in [0.25, 0.3) is 0 Å². The third-order valence-corrected chi connectivity index (χ3v) is 4.06. The molecule has 1 aromatic heterocycles. The van der Waals surface area contributed by atoms with Gasteiger partial charge in [0.15, 0.2) is 0 Å². The highest BCUT2D eigenvalue weighted by Crippen LogP contribution is 2.26. The van der Waals surface area contributed by atoms with Crippen molar-refractivity contribution >= 4 is 33.0 Å². The third kappa shape index (κ3) is 3.31. The summed E-state index contributed by atoms with van der Waals surface area (Å²) >= 11 is 5.14. The lowest BCUT2D eigenvalue weighted by Crippen LogP contribution is -2.13. The molecule has 17 heavy (non-hydrogen) atoms. The van der Waals surface area contributed by atoms with Gasteiger partial charge in [-0.25, -0.2) is 0 Å². The van der Waals surface area contributed by atoms with Gasteiger partial charge in [0.2, 0.25) is 0 Å². The van der Waals surface area contributed by atoms with Crippen molar-refractivity contribution in [1.29, 1.82) is 0 Å². The average molecular weight is 312 g/mol. The SMILES string of the molecule is Cc1ccc(C(CO)Nc2cccc(Br)c2)s1. The van der Waals surface area contributed by atoms with Gasteiger partial charge in [-0.2, -0.15) is 0 Å². The molecule has 0 fully saturated rings. The molecule has 1 atom stereocenters. The highest BCUT2D eigenvalue weighted by molar-refractivity contribution is 9.10. The minimum Gasteiger partial charge on any atom is -0.394 e.